The number of ether oxygens (including phenoxy) is 1. The first-order valence-electron chi connectivity index (χ1n) is 9.69. The lowest BCUT2D eigenvalue weighted by Gasteiger charge is -2.38. The number of rotatable bonds is 3. The van der Waals surface area contributed by atoms with Crippen LogP contribution in [0.25, 0.3) is 5.70 Å². The number of hydrogen-bond acceptors (Lipinski definition) is 6. The highest BCUT2D eigenvalue weighted by Crippen LogP contribution is 2.51. The van der Waals surface area contributed by atoms with Gasteiger partial charge in [0.05, 0.1) is 5.70 Å². The van der Waals surface area contributed by atoms with Crippen molar-refractivity contribution >= 4 is 34.7 Å². The highest BCUT2D eigenvalue weighted by molar-refractivity contribution is 7.98. The van der Waals surface area contributed by atoms with E-state index in [0.29, 0.717) is 0 Å². The van der Waals surface area contributed by atoms with E-state index in [1.165, 1.54) is 4.88 Å². The van der Waals surface area contributed by atoms with E-state index >= 15 is 0 Å². The van der Waals surface area contributed by atoms with E-state index in [9.17, 15) is 0 Å². The number of benzene rings is 2. The Bertz CT molecular complexity index is 1250. The Balaban J connectivity index is 1.64. The summed E-state index contributed by atoms with van der Waals surface area (Å²) in [5.74, 6) is 1.64. The number of para-hydroxylation sites is 1. The largest absolute Gasteiger partial charge is 0.480 e. The molecular formula is C23H18N4OS2. The van der Waals surface area contributed by atoms with E-state index in [-0.39, 0.29) is 12.1 Å². The van der Waals surface area contributed by atoms with Crippen molar-refractivity contribution in [3.63, 3.8) is 0 Å². The quantitative estimate of drug-likeness (QED) is 0.428. The topological polar surface area (TPSA) is 52.0 Å². The molecule has 0 bridgehead atoms. The highest BCUT2D eigenvalue weighted by atomic mass is 32.2. The number of hydrogen-bond donors (Lipinski definition) is 1. The average molecular weight is 431 g/mol. The van der Waals surface area contributed by atoms with Crippen molar-refractivity contribution in [2.75, 3.05) is 11.6 Å². The van der Waals surface area contributed by atoms with Gasteiger partial charge in [0, 0.05) is 16.0 Å². The second-order valence-corrected chi connectivity index (χ2v) is 8.90. The maximum Gasteiger partial charge on any atom is 0.227 e. The third kappa shape index (κ3) is 2.69. The van der Waals surface area contributed by atoms with Crippen LogP contribution in [-0.4, -0.2) is 21.0 Å². The van der Waals surface area contributed by atoms with Crippen LogP contribution in [0.4, 0.5) is 5.95 Å². The fourth-order valence-electron chi connectivity index (χ4n) is 4.17. The Labute approximate surface area is 182 Å². The fraction of sp³-hybridized carbons (Fsp3) is 0.130. The van der Waals surface area contributed by atoms with Gasteiger partial charge in [-0.3, -0.25) is 0 Å². The predicted molar refractivity (Wildman–Crippen MR) is 121 cm³/mol. The molecule has 0 radical (unpaired) electrons. The molecule has 0 saturated heterocycles. The minimum atomic E-state index is -0.217. The minimum Gasteiger partial charge on any atom is -0.480 e. The van der Waals surface area contributed by atoms with Crippen molar-refractivity contribution in [3.8, 4) is 5.75 Å². The minimum absolute atomic E-state index is 0.0804. The molecule has 7 heteroatoms. The van der Waals surface area contributed by atoms with Crippen LogP contribution in [0.15, 0.2) is 82.8 Å². The maximum atomic E-state index is 6.60. The molecular weight excluding hydrogens is 412 g/mol. The molecule has 2 aromatic heterocycles. The van der Waals surface area contributed by atoms with Gasteiger partial charge in [-0.05, 0) is 35.4 Å². The number of nitrogens with zero attached hydrogens (tertiary/aromatic N) is 3. The van der Waals surface area contributed by atoms with Gasteiger partial charge < -0.3 is 10.1 Å². The van der Waals surface area contributed by atoms with Crippen molar-refractivity contribution in [2.24, 2.45) is 0 Å². The Kier molecular flexibility index (Phi) is 4.17. The number of fused-ring (bicyclic) bond motifs is 3. The molecule has 4 aromatic rings. The molecule has 0 amide bonds. The smallest absolute Gasteiger partial charge is 0.227 e. The Morgan fingerprint density at radius 2 is 1.87 bits per heavy atom. The lowest BCUT2D eigenvalue weighted by Crippen LogP contribution is -2.32. The molecule has 2 aliphatic heterocycles. The number of aromatic nitrogens is 3. The Morgan fingerprint density at radius 1 is 1.03 bits per heavy atom. The first-order chi connectivity index (χ1) is 14.8. The molecule has 1 N–H and O–H groups in total. The van der Waals surface area contributed by atoms with Gasteiger partial charge in [0.1, 0.15) is 17.9 Å². The van der Waals surface area contributed by atoms with Crippen LogP contribution in [0.5, 0.6) is 5.75 Å². The molecule has 2 atom stereocenters. The number of nitrogens with one attached hydrogen (secondary N) is 1. The second kappa shape index (κ2) is 7.04. The predicted octanol–water partition coefficient (Wildman–Crippen LogP) is 5.62. The van der Waals surface area contributed by atoms with Crippen LogP contribution in [-0.2, 0) is 0 Å². The zero-order chi connectivity index (χ0) is 20.1. The van der Waals surface area contributed by atoms with Crippen LogP contribution in [0.1, 0.15) is 28.1 Å². The molecule has 2 unspecified atom stereocenters. The molecule has 4 heterocycles. The number of thioether (sulfide) groups is 1. The first kappa shape index (κ1) is 17.8. The van der Waals surface area contributed by atoms with E-state index in [1.807, 2.05) is 35.2 Å². The molecule has 0 fully saturated rings. The van der Waals surface area contributed by atoms with Crippen molar-refractivity contribution in [1.82, 2.24) is 14.8 Å². The summed E-state index contributed by atoms with van der Waals surface area (Å²) in [5, 5.41) is 11.3. The normalized spacial score (nSPS) is 19.4. The van der Waals surface area contributed by atoms with E-state index in [0.717, 1.165) is 39.3 Å². The molecule has 2 aromatic carbocycles. The van der Waals surface area contributed by atoms with Gasteiger partial charge in [0.2, 0.25) is 11.1 Å². The standard InChI is InChI=1S/C23H18N4OS2/c1-29-23-25-22-24-19-15-10-5-6-11-16(15)28-21(14-8-3-2-4-9-14)18(19)20(27(22)26-23)17-12-7-13-30-17/h2-13,20-21H,1H3,(H,24,25,26). The lowest BCUT2D eigenvalue weighted by molar-refractivity contribution is 0.223. The van der Waals surface area contributed by atoms with Gasteiger partial charge in [-0.2, -0.15) is 4.98 Å². The second-order valence-electron chi connectivity index (χ2n) is 7.14. The van der Waals surface area contributed by atoms with Crippen LogP contribution in [0.3, 0.4) is 0 Å². The van der Waals surface area contributed by atoms with Crippen molar-refractivity contribution < 1.29 is 4.74 Å². The van der Waals surface area contributed by atoms with Crippen molar-refractivity contribution in [1.29, 1.82) is 0 Å². The van der Waals surface area contributed by atoms with Gasteiger partial charge in [-0.1, -0.05) is 60.3 Å². The zero-order valence-corrected chi connectivity index (χ0v) is 17.8. The maximum absolute atomic E-state index is 6.60. The summed E-state index contributed by atoms with van der Waals surface area (Å²) in [4.78, 5) is 5.94. The molecule has 0 aliphatic carbocycles. The van der Waals surface area contributed by atoms with Gasteiger partial charge in [-0.25, -0.2) is 4.68 Å². The lowest BCUT2D eigenvalue weighted by atomic mass is 9.87. The van der Waals surface area contributed by atoms with Crippen LogP contribution in [0.2, 0.25) is 0 Å². The average Bonchev–Trinajstić information content (AvgIpc) is 3.47. The molecule has 5 nitrogen and oxygen atoms in total. The Hall–Kier alpha value is -3.03. The molecule has 148 valence electrons. The van der Waals surface area contributed by atoms with Crippen molar-refractivity contribution in [2.45, 2.75) is 17.3 Å². The van der Waals surface area contributed by atoms with E-state index in [4.69, 9.17) is 14.8 Å². The summed E-state index contributed by atoms with van der Waals surface area (Å²) < 4.78 is 8.61. The van der Waals surface area contributed by atoms with Gasteiger partial charge >= 0.3 is 0 Å². The molecule has 6 rings (SSSR count). The third-order valence-electron chi connectivity index (χ3n) is 5.46. The third-order valence-corrected chi connectivity index (χ3v) is 6.92. The molecule has 2 aliphatic rings. The molecule has 30 heavy (non-hydrogen) atoms. The van der Waals surface area contributed by atoms with Gasteiger partial charge in [-0.15, -0.1) is 16.4 Å². The SMILES string of the molecule is CSc1nc2n(n1)C(c1cccs1)C1=C(N2)c2ccccc2OC1c1ccccc1. The zero-order valence-electron chi connectivity index (χ0n) is 16.1. The van der Waals surface area contributed by atoms with Crippen LogP contribution < -0.4 is 10.1 Å². The summed E-state index contributed by atoms with van der Waals surface area (Å²) >= 11 is 3.28. The van der Waals surface area contributed by atoms with Gasteiger partial charge in [0.25, 0.3) is 0 Å². The fourth-order valence-corrected chi connectivity index (χ4v) is 5.34. The summed E-state index contributed by atoms with van der Waals surface area (Å²) in [6.45, 7) is 0. The summed E-state index contributed by atoms with van der Waals surface area (Å²) in [5.41, 5.74) is 4.40. The van der Waals surface area contributed by atoms with E-state index < -0.39 is 0 Å². The van der Waals surface area contributed by atoms with E-state index in [1.54, 1.807) is 23.1 Å². The Morgan fingerprint density at radius 3 is 2.67 bits per heavy atom. The number of thiophene rings is 1. The highest BCUT2D eigenvalue weighted by Gasteiger charge is 2.41. The van der Waals surface area contributed by atoms with Gasteiger partial charge in [0.15, 0.2) is 0 Å². The molecule has 0 saturated carbocycles. The van der Waals surface area contributed by atoms with Crippen LogP contribution in [0, 0.1) is 0 Å². The summed E-state index contributed by atoms with van der Waals surface area (Å²) in [7, 11) is 0. The number of anilines is 1. The van der Waals surface area contributed by atoms with Crippen molar-refractivity contribution in [3.05, 3.63) is 93.7 Å². The summed E-state index contributed by atoms with van der Waals surface area (Å²) in [6, 6.07) is 22.8. The molecule has 0 spiro atoms. The van der Waals surface area contributed by atoms with Crippen LogP contribution >= 0.6 is 23.1 Å². The first-order valence-corrected chi connectivity index (χ1v) is 11.8. The summed E-state index contributed by atoms with van der Waals surface area (Å²) in [6.07, 6.45) is 1.78. The van der Waals surface area contributed by atoms with E-state index in [2.05, 4.69) is 53.2 Å². The monoisotopic (exact) mass is 430 g/mol.